The molecule has 0 spiro atoms. The minimum absolute atomic E-state index is 0.178. The lowest BCUT2D eigenvalue weighted by Crippen LogP contribution is -2.23. The summed E-state index contributed by atoms with van der Waals surface area (Å²) in [5.41, 5.74) is 0.795. The highest BCUT2D eigenvalue weighted by Crippen LogP contribution is 2.33. The van der Waals surface area contributed by atoms with Gasteiger partial charge in [-0.1, -0.05) is 19.3 Å². The lowest BCUT2D eigenvalue weighted by molar-refractivity contribution is -0.154. The van der Waals surface area contributed by atoms with Crippen molar-refractivity contribution in [2.24, 2.45) is 11.8 Å². The monoisotopic (exact) mass is 363 g/mol. The van der Waals surface area contributed by atoms with E-state index in [9.17, 15) is 4.79 Å². The minimum Gasteiger partial charge on any atom is -0.460 e. The molecule has 6 nitrogen and oxygen atoms in total. The third-order valence-corrected chi connectivity index (χ3v) is 4.72. The Morgan fingerprint density at radius 3 is 2.54 bits per heavy atom. The average Bonchev–Trinajstić information content (AvgIpc) is 3.09. The predicted octanol–water partition coefficient (Wildman–Crippen LogP) is 4.12. The van der Waals surface area contributed by atoms with Gasteiger partial charge in [0.1, 0.15) is 11.4 Å². The number of aromatic nitrogens is 2. The molecule has 1 heterocycles. The van der Waals surface area contributed by atoms with Crippen molar-refractivity contribution in [3.05, 3.63) is 30.1 Å². The largest absolute Gasteiger partial charge is 0.460 e. The van der Waals surface area contributed by atoms with Crippen molar-refractivity contribution in [3.8, 4) is 0 Å². The molecule has 1 aromatic heterocycles. The second kappa shape index (κ2) is 9.76. The van der Waals surface area contributed by atoms with E-state index in [0.717, 1.165) is 12.3 Å². The smallest absolute Gasteiger partial charge is 0.306 e. The zero-order valence-corrected chi connectivity index (χ0v) is 16.4. The standard InChI is InChI=1S/C20H33N3O3/c1-20(2,3)25-19(24)11-7-10-18(26-21)17(14-23-13-12-22-15-23)16-8-5-4-6-9-16/h12-13,15-16H,4-11,14,21H2,1-3H3. The van der Waals surface area contributed by atoms with Crippen LogP contribution in [0.1, 0.15) is 72.1 Å². The van der Waals surface area contributed by atoms with Crippen LogP contribution >= 0.6 is 0 Å². The van der Waals surface area contributed by atoms with Crippen LogP contribution in [0, 0.1) is 5.92 Å². The van der Waals surface area contributed by atoms with Gasteiger partial charge in [-0.3, -0.25) is 4.79 Å². The Labute approximate surface area is 156 Å². The van der Waals surface area contributed by atoms with Crippen molar-refractivity contribution < 1.29 is 14.4 Å². The molecule has 0 amide bonds. The first-order chi connectivity index (χ1) is 12.4. The predicted molar refractivity (Wildman–Crippen MR) is 101 cm³/mol. The molecular formula is C20H33N3O3. The molecule has 0 aliphatic heterocycles. The van der Waals surface area contributed by atoms with Crippen LogP contribution in [0.25, 0.3) is 0 Å². The van der Waals surface area contributed by atoms with Crippen molar-refractivity contribution in [3.63, 3.8) is 0 Å². The molecule has 6 heteroatoms. The Bertz CT molecular complexity index is 582. The van der Waals surface area contributed by atoms with E-state index in [1.54, 1.807) is 6.20 Å². The van der Waals surface area contributed by atoms with Crippen LogP contribution in [0.4, 0.5) is 0 Å². The fourth-order valence-electron chi connectivity index (χ4n) is 3.55. The topological polar surface area (TPSA) is 79.4 Å². The fraction of sp³-hybridized carbons (Fsp3) is 0.700. The Morgan fingerprint density at radius 1 is 1.23 bits per heavy atom. The Balaban J connectivity index is 2.04. The van der Waals surface area contributed by atoms with Gasteiger partial charge >= 0.3 is 5.97 Å². The maximum absolute atomic E-state index is 11.9. The van der Waals surface area contributed by atoms with Gasteiger partial charge in [0.05, 0.1) is 6.33 Å². The van der Waals surface area contributed by atoms with E-state index < -0.39 is 5.60 Å². The molecule has 0 unspecified atom stereocenters. The number of hydrogen-bond acceptors (Lipinski definition) is 5. The number of nitrogens with zero attached hydrogens (tertiary/aromatic N) is 2. The number of hydrogen-bond donors (Lipinski definition) is 1. The van der Waals surface area contributed by atoms with Gasteiger partial charge in [0.2, 0.25) is 0 Å². The molecule has 0 atom stereocenters. The number of ether oxygens (including phenoxy) is 1. The van der Waals surface area contributed by atoms with Crippen LogP contribution in [0.15, 0.2) is 30.1 Å². The van der Waals surface area contributed by atoms with Crippen LogP contribution in [0.3, 0.4) is 0 Å². The summed E-state index contributed by atoms with van der Waals surface area (Å²) in [5.74, 6) is 6.76. The van der Waals surface area contributed by atoms with Gasteiger partial charge in [-0.05, 0) is 51.5 Å². The maximum atomic E-state index is 11.9. The van der Waals surface area contributed by atoms with Gasteiger partial charge < -0.3 is 14.1 Å². The third-order valence-electron chi connectivity index (χ3n) is 4.72. The maximum Gasteiger partial charge on any atom is 0.306 e. The summed E-state index contributed by atoms with van der Waals surface area (Å²) < 4.78 is 7.43. The molecule has 26 heavy (non-hydrogen) atoms. The van der Waals surface area contributed by atoms with Crippen LogP contribution in [0.5, 0.6) is 0 Å². The van der Waals surface area contributed by atoms with E-state index in [2.05, 4.69) is 9.55 Å². The van der Waals surface area contributed by atoms with Gasteiger partial charge in [-0.25, -0.2) is 4.98 Å². The van der Waals surface area contributed by atoms with Crippen LogP contribution in [-0.4, -0.2) is 21.1 Å². The van der Waals surface area contributed by atoms with Gasteiger partial charge in [0.15, 0.2) is 0 Å². The molecule has 0 aromatic carbocycles. The highest BCUT2D eigenvalue weighted by Gasteiger charge is 2.23. The number of carbonyl (C=O) groups is 1. The van der Waals surface area contributed by atoms with E-state index in [-0.39, 0.29) is 5.97 Å². The number of allylic oxidation sites excluding steroid dienone is 2. The van der Waals surface area contributed by atoms with Crippen molar-refractivity contribution in [2.75, 3.05) is 0 Å². The first-order valence-electron chi connectivity index (χ1n) is 9.65. The van der Waals surface area contributed by atoms with E-state index in [1.807, 2.05) is 33.3 Å². The first-order valence-corrected chi connectivity index (χ1v) is 9.65. The lowest BCUT2D eigenvalue weighted by atomic mass is 9.82. The Kier molecular flexibility index (Phi) is 7.69. The molecule has 0 bridgehead atoms. The molecule has 1 aromatic rings. The quantitative estimate of drug-likeness (QED) is 0.427. The van der Waals surface area contributed by atoms with Crippen LogP contribution < -0.4 is 5.90 Å². The Morgan fingerprint density at radius 2 is 1.96 bits per heavy atom. The summed E-state index contributed by atoms with van der Waals surface area (Å²) in [6.45, 7) is 6.38. The summed E-state index contributed by atoms with van der Waals surface area (Å²) in [4.78, 5) is 21.4. The van der Waals surface area contributed by atoms with Gasteiger partial charge in [0.25, 0.3) is 0 Å². The molecule has 1 saturated carbocycles. The zero-order valence-electron chi connectivity index (χ0n) is 16.4. The van der Waals surface area contributed by atoms with Crippen LogP contribution in [-0.2, 0) is 20.9 Å². The second-order valence-corrected chi connectivity index (χ2v) is 8.08. The minimum atomic E-state index is -0.450. The summed E-state index contributed by atoms with van der Waals surface area (Å²) in [6.07, 6.45) is 13.4. The van der Waals surface area contributed by atoms with Crippen molar-refractivity contribution in [2.45, 2.75) is 84.3 Å². The number of rotatable bonds is 8. The van der Waals surface area contributed by atoms with Gasteiger partial charge in [-0.15, -0.1) is 0 Å². The molecule has 2 rings (SSSR count). The van der Waals surface area contributed by atoms with E-state index in [0.29, 0.717) is 25.2 Å². The average molecular weight is 364 g/mol. The molecule has 1 aliphatic carbocycles. The molecule has 146 valence electrons. The molecule has 1 fully saturated rings. The normalized spacial score (nSPS) is 16.9. The Hall–Kier alpha value is -1.82. The molecule has 2 N–H and O–H groups in total. The van der Waals surface area contributed by atoms with E-state index in [4.69, 9.17) is 15.5 Å². The number of esters is 1. The number of imidazole rings is 1. The first kappa shape index (κ1) is 20.5. The number of nitrogens with two attached hydrogens (primary N) is 1. The molecular weight excluding hydrogens is 330 g/mol. The summed E-state index contributed by atoms with van der Waals surface area (Å²) in [6, 6.07) is 0. The molecule has 0 saturated heterocycles. The van der Waals surface area contributed by atoms with Gasteiger partial charge in [-0.2, -0.15) is 5.90 Å². The highest BCUT2D eigenvalue weighted by molar-refractivity contribution is 5.69. The lowest BCUT2D eigenvalue weighted by Gasteiger charge is -2.27. The van der Waals surface area contributed by atoms with Crippen LogP contribution in [0.2, 0.25) is 0 Å². The van der Waals surface area contributed by atoms with E-state index in [1.165, 1.54) is 37.7 Å². The van der Waals surface area contributed by atoms with Crippen molar-refractivity contribution in [1.82, 2.24) is 9.55 Å². The SMILES string of the molecule is CC(C)(C)OC(=O)CCCC(ON)=C(Cn1ccnc1)C1CCCCC1. The van der Waals surface area contributed by atoms with E-state index >= 15 is 0 Å². The molecule has 0 radical (unpaired) electrons. The zero-order chi connectivity index (χ0) is 19.0. The summed E-state index contributed by atoms with van der Waals surface area (Å²) in [5, 5.41) is 0. The fourth-order valence-corrected chi connectivity index (χ4v) is 3.55. The highest BCUT2D eigenvalue weighted by atomic mass is 16.6. The summed E-state index contributed by atoms with van der Waals surface area (Å²) in [7, 11) is 0. The summed E-state index contributed by atoms with van der Waals surface area (Å²) >= 11 is 0. The van der Waals surface area contributed by atoms with Crippen molar-refractivity contribution in [1.29, 1.82) is 0 Å². The number of carbonyl (C=O) groups excluding carboxylic acids is 1. The second-order valence-electron chi connectivity index (χ2n) is 8.08. The molecule has 1 aliphatic rings. The van der Waals surface area contributed by atoms with Gasteiger partial charge in [0, 0.05) is 31.8 Å². The van der Waals surface area contributed by atoms with Crippen molar-refractivity contribution >= 4 is 5.97 Å². The third kappa shape index (κ3) is 6.83.